The second-order valence-electron chi connectivity index (χ2n) is 6.81. The molecular weight excluding hydrogens is 251 g/mol. The molecule has 1 aliphatic rings. The van der Waals surface area contributed by atoms with Gasteiger partial charge in [0.05, 0.1) is 5.69 Å². The van der Waals surface area contributed by atoms with Crippen LogP contribution in [0, 0.1) is 11.2 Å². The molecule has 1 aromatic rings. The van der Waals surface area contributed by atoms with Crippen LogP contribution >= 0.6 is 0 Å². The van der Waals surface area contributed by atoms with Crippen LogP contribution in [0.4, 0.5) is 10.1 Å². The van der Waals surface area contributed by atoms with E-state index < -0.39 is 0 Å². The van der Waals surface area contributed by atoms with Crippen LogP contribution < -0.4 is 10.6 Å². The lowest BCUT2D eigenvalue weighted by molar-refractivity contribution is 0.291. The van der Waals surface area contributed by atoms with Crippen molar-refractivity contribution in [1.29, 1.82) is 0 Å². The molecule has 0 aromatic heterocycles. The van der Waals surface area contributed by atoms with E-state index in [0.717, 1.165) is 43.6 Å². The van der Waals surface area contributed by atoms with E-state index in [2.05, 4.69) is 25.7 Å². The molecule has 2 nitrogen and oxygen atoms in total. The Morgan fingerprint density at radius 1 is 1.40 bits per heavy atom. The quantitative estimate of drug-likeness (QED) is 0.909. The number of para-hydroxylation sites is 1. The zero-order chi connectivity index (χ0) is 14.8. The lowest BCUT2D eigenvalue weighted by Gasteiger charge is -2.40. The number of nitrogens with zero attached hydrogens (tertiary/aromatic N) is 1. The Bertz CT molecular complexity index is 456. The minimum Gasteiger partial charge on any atom is -0.368 e. The molecular formula is C17H27FN2. The molecule has 3 heteroatoms. The summed E-state index contributed by atoms with van der Waals surface area (Å²) in [5, 5.41) is 0. The van der Waals surface area contributed by atoms with Crippen molar-refractivity contribution in [2.45, 2.75) is 52.5 Å². The summed E-state index contributed by atoms with van der Waals surface area (Å²) in [6, 6.07) is 5.49. The second-order valence-corrected chi connectivity index (χ2v) is 6.81. The molecule has 1 heterocycles. The van der Waals surface area contributed by atoms with Crippen molar-refractivity contribution in [3.05, 3.63) is 29.6 Å². The predicted molar refractivity (Wildman–Crippen MR) is 83.6 cm³/mol. The minimum absolute atomic E-state index is 0.105. The summed E-state index contributed by atoms with van der Waals surface area (Å²) >= 11 is 0. The first kappa shape index (κ1) is 15.3. The SMILES string of the molecule is CCC(N)Cc1cccc(F)c1N1CCCC(C)(C)C1. The van der Waals surface area contributed by atoms with E-state index in [1.54, 1.807) is 12.1 Å². The Labute approximate surface area is 122 Å². The largest absolute Gasteiger partial charge is 0.368 e. The first-order chi connectivity index (χ1) is 9.43. The van der Waals surface area contributed by atoms with E-state index in [-0.39, 0.29) is 17.3 Å². The third-order valence-electron chi connectivity index (χ3n) is 4.29. The van der Waals surface area contributed by atoms with Gasteiger partial charge in [-0.25, -0.2) is 4.39 Å². The highest BCUT2D eigenvalue weighted by Gasteiger charge is 2.29. The molecule has 1 atom stereocenters. The highest BCUT2D eigenvalue weighted by molar-refractivity contribution is 5.55. The molecule has 112 valence electrons. The summed E-state index contributed by atoms with van der Waals surface area (Å²) in [6.07, 6.45) is 4.00. The summed E-state index contributed by atoms with van der Waals surface area (Å²) in [7, 11) is 0. The van der Waals surface area contributed by atoms with Gasteiger partial charge in [-0.2, -0.15) is 0 Å². The van der Waals surface area contributed by atoms with Crippen molar-refractivity contribution in [3.63, 3.8) is 0 Å². The minimum atomic E-state index is -0.108. The van der Waals surface area contributed by atoms with Crippen molar-refractivity contribution in [2.75, 3.05) is 18.0 Å². The van der Waals surface area contributed by atoms with Gasteiger partial charge in [-0.3, -0.25) is 0 Å². The Hall–Kier alpha value is -1.09. The normalized spacial score (nSPS) is 19.9. The summed E-state index contributed by atoms with van der Waals surface area (Å²) in [4.78, 5) is 2.22. The molecule has 0 amide bonds. The van der Waals surface area contributed by atoms with Gasteiger partial charge < -0.3 is 10.6 Å². The Morgan fingerprint density at radius 3 is 2.80 bits per heavy atom. The summed E-state index contributed by atoms with van der Waals surface area (Å²) in [5.41, 5.74) is 8.15. The van der Waals surface area contributed by atoms with Crippen LogP contribution in [-0.2, 0) is 6.42 Å². The van der Waals surface area contributed by atoms with Gasteiger partial charge in [-0.05, 0) is 42.7 Å². The van der Waals surface area contributed by atoms with Crippen molar-refractivity contribution >= 4 is 5.69 Å². The Balaban J connectivity index is 2.29. The zero-order valence-corrected chi connectivity index (χ0v) is 13.0. The standard InChI is InChI=1S/C17H27FN2/c1-4-14(19)11-13-7-5-8-15(18)16(13)20-10-6-9-17(2,3)12-20/h5,7-8,14H,4,6,9-12,19H2,1-3H3. The number of nitrogens with two attached hydrogens (primary N) is 1. The van der Waals surface area contributed by atoms with Gasteiger partial charge in [0.15, 0.2) is 0 Å². The third kappa shape index (κ3) is 3.51. The average Bonchev–Trinajstić information content (AvgIpc) is 2.37. The molecule has 1 fully saturated rings. The lowest BCUT2D eigenvalue weighted by atomic mass is 9.83. The van der Waals surface area contributed by atoms with Gasteiger partial charge in [0.2, 0.25) is 0 Å². The number of hydrogen-bond acceptors (Lipinski definition) is 2. The van der Waals surface area contributed by atoms with Crippen LogP contribution in [0.15, 0.2) is 18.2 Å². The van der Waals surface area contributed by atoms with E-state index >= 15 is 0 Å². The van der Waals surface area contributed by atoms with Crippen LogP contribution in [-0.4, -0.2) is 19.1 Å². The Kier molecular flexibility index (Phi) is 4.69. The van der Waals surface area contributed by atoms with Gasteiger partial charge in [0.25, 0.3) is 0 Å². The van der Waals surface area contributed by atoms with E-state index in [4.69, 9.17) is 5.73 Å². The molecule has 2 N–H and O–H groups in total. The maximum atomic E-state index is 14.4. The molecule has 0 saturated carbocycles. The molecule has 1 unspecified atom stereocenters. The van der Waals surface area contributed by atoms with Crippen molar-refractivity contribution < 1.29 is 4.39 Å². The number of hydrogen-bond donors (Lipinski definition) is 1. The van der Waals surface area contributed by atoms with Gasteiger partial charge in [0.1, 0.15) is 5.82 Å². The molecule has 0 radical (unpaired) electrons. The van der Waals surface area contributed by atoms with E-state index in [9.17, 15) is 4.39 Å². The molecule has 1 saturated heterocycles. The number of benzene rings is 1. The van der Waals surface area contributed by atoms with Gasteiger partial charge in [0, 0.05) is 19.1 Å². The summed E-state index contributed by atoms with van der Waals surface area (Å²) < 4.78 is 14.4. The molecule has 1 aliphatic heterocycles. The number of halogens is 1. The third-order valence-corrected chi connectivity index (χ3v) is 4.29. The first-order valence-corrected chi connectivity index (χ1v) is 7.71. The van der Waals surface area contributed by atoms with Crippen LogP contribution in [0.2, 0.25) is 0 Å². The fourth-order valence-electron chi connectivity index (χ4n) is 3.12. The maximum Gasteiger partial charge on any atom is 0.146 e. The van der Waals surface area contributed by atoms with E-state index in [1.807, 2.05) is 6.07 Å². The molecule has 0 bridgehead atoms. The topological polar surface area (TPSA) is 29.3 Å². The van der Waals surface area contributed by atoms with Gasteiger partial charge in [-0.1, -0.05) is 32.9 Å². The number of anilines is 1. The van der Waals surface area contributed by atoms with Crippen LogP contribution in [0.1, 0.15) is 45.6 Å². The van der Waals surface area contributed by atoms with Crippen LogP contribution in [0.3, 0.4) is 0 Å². The smallest absolute Gasteiger partial charge is 0.146 e. The molecule has 0 spiro atoms. The highest BCUT2D eigenvalue weighted by Crippen LogP contribution is 2.34. The van der Waals surface area contributed by atoms with Crippen molar-refractivity contribution in [1.82, 2.24) is 0 Å². The number of rotatable bonds is 4. The average molecular weight is 278 g/mol. The summed E-state index contributed by atoms with van der Waals surface area (Å²) in [5.74, 6) is -0.108. The van der Waals surface area contributed by atoms with Crippen molar-refractivity contribution in [3.8, 4) is 0 Å². The zero-order valence-electron chi connectivity index (χ0n) is 13.0. The Morgan fingerprint density at radius 2 is 2.15 bits per heavy atom. The number of piperidine rings is 1. The van der Waals surface area contributed by atoms with E-state index in [0.29, 0.717) is 0 Å². The highest BCUT2D eigenvalue weighted by atomic mass is 19.1. The summed E-state index contributed by atoms with van der Waals surface area (Å²) in [6.45, 7) is 8.46. The second kappa shape index (κ2) is 6.13. The van der Waals surface area contributed by atoms with Crippen molar-refractivity contribution in [2.24, 2.45) is 11.1 Å². The van der Waals surface area contributed by atoms with Gasteiger partial charge >= 0.3 is 0 Å². The monoisotopic (exact) mass is 278 g/mol. The predicted octanol–water partition coefficient (Wildman–Crippen LogP) is 3.73. The van der Waals surface area contributed by atoms with E-state index in [1.165, 1.54) is 6.42 Å². The molecule has 1 aromatic carbocycles. The fraction of sp³-hybridized carbons (Fsp3) is 0.647. The fourth-order valence-corrected chi connectivity index (χ4v) is 3.12. The van der Waals surface area contributed by atoms with Crippen LogP contribution in [0.25, 0.3) is 0 Å². The molecule has 2 rings (SSSR count). The first-order valence-electron chi connectivity index (χ1n) is 7.71. The molecule has 0 aliphatic carbocycles. The maximum absolute atomic E-state index is 14.4. The molecule has 20 heavy (non-hydrogen) atoms. The lowest BCUT2D eigenvalue weighted by Crippen LogP contribution is -2.41. The van der Waals surface area contributed by atoms with Crippen LogP contribution in [0.5, 0.6) is 0 Å². The van der Waals surface area contributed by atoms with Gasteiger partial charge in [-0.15, -0.1) is 0 Å².